The summed E-state index contributed by atoms with van der Waals surface area (Å²) in [6.45, 7) is 3.31. The minimum absolute atomic E-state index is 0.541. The van der Waals surface area contributed by atoms with Crippen molar-refractivity contribution in [1.82, 2.24) is 9.97 Å². The highest BCUT2D eigenvalue weighted by Gasteiger charge is 2.14. The van der Waals surface area contributed by atoms with Crippen molar-refractivity contribution in [3.63, 3.8) is 0 Å². The number of nitrogen functional groups attached to an aromatic ring is 1. The van der Waals surface area contributed by atoms with Crippen LogP contribution in [0.25, 0.3) is 11.3 Å². The van der Waals surface area contributed by atoms with E-state index < -0.39 is 0 Å². The molecule has 0 amide bonds. The van der Waals surface area contributed by atoms with Crippen LogP contribution in [0.15, 0.2) is 18.2 Å². The number of hydrogen-bond donors (Lipinski definition) is 3. The molecule has 1 aliphatic heterocycles. The Hall–Kier alpha value is -2.21. The van der Waals surface area contributed by atoms with E-state index in [1.807, 2.05) is 25.1 Å². The number of nitrogens with two attached hydrogens (primary N) is 1. The molecule has 0 aliphatic carbocycles. The van der Waals surface area contributed by atoms with E-state index in [2.05, 4.69) is 15.4 Å². The number of imidazole rings is 1. The fourth-order valence-electron chi connectivity index (χ4n) is 2.12. The molecule has 0 saturated carbocycles. The van der Waals surface area contributed by atoms with E-state index in [0.29, 0.717) is 19.2 Å². The first-order valence-electron chi connectivity index (χ1n) is 6.21. The average Bonchev–Trinajstić information content (AvgIpc) is 2.66. The Morgan fingerprint density at radius 1 is 1.26 bits per heavy atom. The molecule has 2 aromatic rings. The zero-order valence-corrected chi connectivity index (χ0v) is 10.7. The van der Waals surface area contributed by atoms with Gasteiger partial charge in [-0.05, 0) is 25.1 Å². The minimum atomic E-state index is 0.541. The molecule has 19 heavy (non-hydrogen) atoms. The van der Waals surface area contributed by atoms with Gasteiger partial charge in [-0.25, -0.2) is 10.8 Å². The molecule has 1 aliphatic rings. The molecule has 4 N–H and O–H groups in total. The summed E-state index contributed by atoms with van der Waals surface area (Å²) < 4.78 is 11.3. The van der Waals surface area contributed by atoms with Gasteiger partial charge in [-0.15, -0.1) is 0 Å². The summed E-state index contributed by atoms with van der Waals surface area (Å²) in [7, 11) is 0. The van der Waals surface area contributed by atoms with Crippen molar-refractivity contribution in [3.8, 4) is 22.8 Å². The molecule has 0 atom stereocenters. The summed E-state index contributed by atoms with van der Waals surface area (Å²) in [5.41, 5.74) is 5.28. The van der Waals surface area contributed by atoms with Crippen LogP contribution in [0.4, 0.5) is 5.95 Å². The van der Waals surface area contributed by atoms with Crippen molar-refractivity contribution in [1.29, 1.82) is 0 Å². The molecule has 0 unspecified atom stereocenters. The van der Waals surface area contributed by atoms with Gasteiger partial charge in [-0.1, -0.05) is 0 Å². The topological polar surface area (TPSA) is 85.2 Å². The van der Waals surface area contributed by atoms with Crippen LogP contribution in [0.5, 0.6) is 11.5 Å². The third kappa shape index (κ3) is 2.22. The number of H-pyrrole nitrogens is 1. The number of hydrogen-bond acceptors (Lipinski definition) is 5. The molecule has 1 aromatic carbocycles. The van der Waals surface area contributed by atoms with Gasteiger partial charge >= 0.3 is 0 Å². The molecule has 1 aromatic heterocycles. The number of aromatic amines is 1. The summed E-state index contributed by atoms with van der Waals surface area (Å²) in [4.78, 5) is 7.45. The molecule has 0 fully saturated rings. The van der Waals surface area contributed by atoms with Crippen molar-refractivity contribution in [3.05, 3.63) is 23.9 Å². The second kappa shape index (κ2) is 4.81. The number of hydrazine groups is 1. The Balaban J connectivity index is 2.01. The lowest BCUT2D eigenvalue weighted by molar-refractivity contribution is 0.297. The third-order valence-corrected chi connectivity index (χ3v) is 3.04. The standard InChI is InChI=1S/C13H16N4O2/c1-8-12(16-13(15-8)17-14)9-3-4-10-11(7-9)19-6-2-5-18-10/h3-4,7H,2,5-6,14H2,1H3,(H2,15,16,17). The molecule has 6 nitrogen and oxygen atoms in total. The maximum absolute atomic E-state index is 5.68. The maximum atomic E-state index is 5.68. The first-order chi connectivity index (χ1) is 9.28. The Kier molecular flexibility index (Phi) is 3.00. The number of anilines is 1. The quantitative estimate of drug-likeness (QED) is 0.566. The molecular weight excluding hydrogens is 244 g/mol. The van der Waals surface area contributed by atoms with Crippen molar-refractivity contribution in [2.24, 2.45) is 5.84 Å². The lowest BCUT2D eigenvalue weighted by Gasteiger charge is -2.08. The van der Waals surface area contributed by atoms with Gasteiger partial charge in [-0.3, -0.25) is 5.43 Å². The van der Waals surface area contributed by atoms with E-state index in [1.54, 1.807) is 0 Å². The predicted molar refractivity (Wildman–Crippen MR) is 72.2 cm³/mol. The average molecular weight is 260 g/mol. The fraction of sp³-hybridized carbons (Fsp3) is 0.308. The van der Waals surface area contributed by atoms with Crippen LogP contribution in [-0.4, -0.2) is 23.2 Å². The van der Waals surface area contributed by atoms with Crippen LogP contribution in [-0.2, 0) is 0 Å². The molecule has 6 heteroatoms. The monoisotopic (exact) mass is 260 g/mol. The highest BCUT2D eigenvalue weighted by molar-refractivity contribution is 5.67. The second-order valence-corrected chi connectivity index (χ2v) is 4.42. The first kappa shape index (κ1) is 11.9. The van der Waals surface area contributed by atoms with Gasteiger partial charge < -0.3 is 14.5 Å². The summed E-state index contributed by atoms with van der Waals surface area (Å²) in [5.74, 6) is 7.44. The zero-order valence-electron chi connectivity index (χ0n) is 10.7. The van der Waals surface area contributed by atoms with Crippen molar-refractivity contribution in [2.45, 2.75) is 13.3 Å². The van der Waals surface area contributed by atoms with E-state index in [9.17, 15) is 0 Å². The Labute approximate surface area is 110 Å². The number of aryl methyl sites for hydroxylation is 1. The number of nitrogens with zero attached hydrogens (tertiary/aromatic N) is 1. The Bertz CT molecular complexity index is 594. The van der Waals surface area contributed by atoms with Crippen LogP contribution < -0.4 is 20.7 Å². The Morgan fingerprint density at radius 2 is 2.05 bits per heavy atom. The minimum Gasteiger partial charge on any atom is -0.490 e. The summed E-state index contributed by atoms with van der Waals surface area (Å²) >= 11 is 0. The number of nitrogens with one attached hydrogen (secondary N) is 2. The van der Waals surface area contributed by atoms with Crippen LogP contribution in [0.2, 0.25) is 0 Å². The second-order valence-electron chi connectivity index (χ2n) is 4.42. The largest absolute Gasteiger partial charge is 0.490 e. The van der Waals surface area contributed by atoms with Gasteiger partial charge in [0.2, 0.25) is 5.95 Å². The summed E-state index contributed by atoms with van der Waals surface area (Å²) in [6, 6.07) is 5.83. The molecule has 3 rings (SSSR count). The zero-order chi connectivity index (χ0) is 13.2. The molecule has 0 bridgehead atoms. The van der Waals surface area contributed by atoms with E-state index >= 15 is 0 Å². The normalized spacial score (nSPS) is 14.0. The maximum Gasteiger partial charge on any atom is 0.215 e. The fourth-order valence-corrected chi connectivity index (χ4v) is 2.12. The molecule has 0 spiro atoms. The van der Waals surface area contributed by atoms with E-state index in [4.69, 9.17) is 15.3 Å². The first-order valence-corrected chi connectivity index (χ1v) is 6.21. The molecule has 0 saturated heterocycles. The Morgan fingerprint density at radius 3 is 2.79 bits per heavy atom. The van der Waals surface area contributed by atoms with E-state index in [1.165, 1.54) is 0 Å². The lowest BCUT2D eigenvalue weighted by atomic mass is 10.1. The van der Waals surface area contributed by atoms with Crippen molar-refractivity contribution >= 4 is 5.95 Å². The number of fused-ring (bicyclic) bond motifs is 1. The van der Waals surface area contributed by atoms with Crippen LogP contribution in [0.3, 0.4) is 0 Å². The van der Waals surface area contributed by atoms with Gasteiger partial charge in [0, 0.05) is 17.7 Å². The molecule has 2 heterocycles. The highest BCUT2D eigenvalue weighted by atomic mass is 16.5. The summed E-state index contributed by atoms with van der Waals surface area (Å²) in [5, 5.41) is 0. The van der Waals surface area contributed by atoms with Crippen LogP contribution in [0.1, 0.15) is 12.1 Å². The smallest absolute Gasteiger partial charge is 0.215 e. The molecule has 0 radical (unpaired) electrons. The lowest BCUT2D eigenvalue weighted by Crippen LogP contribution is -2.07. The molecule has 100 valence electrons. The van der Waals surface area contributed by atoms with Gasteiger partial charge in [0.25, 0.3) is 0 Å². The van der Waals surface area contributed by atoms with Gasteiger partial charge in [-0.2, -0.15) is 0 Å². The number of aromatic nitrogens is 2. The van der Waals surface area contributed by atoms with Gasteiger partial charge in [0.1, 0.15) is 0 Å². The third-order valence-electron chi connectivity index (χ3n) is 3.04. The van der Waals surface area contributed by atoms with Crippen LogP contribution in [0, 0.1) is 6.92 Å². The van der Waals surface area contributed by atoms with Gasteiger partial charge in [0.15, 0.2) is 11.5 Å². The summed E-state index contributed by atoms with van der Waals surface area (Å²) in [6.07, 6.45) is 0.896. The van der Waals surface area contributed by atoms with Crippen LogP contribution >= 0.6 is 0 Å². The van der Waals surface area contributed by atoms with Crippen molar-refractivity contribution < 1.29 is 9.47 Å². The molecular formula is C13H16N4O2. The SMILES string of the molecule is Cc1[nH]c(NN)nc1-c1ccc2c(c1)OCCCO2. The number of rotatable bonds is 2. The highest BCUT2D eigenvalue weighted by Crippen LogP contribution is 2.34. The number of ether oxygens (including phenoxy) is 2. The van der Waals surface area contributed by atoms with E-state index in [0.717, 1.165) is 34.9 Å². The predicted octanol–water partition coefficient (Wildman–Crippen LogP) is 1.83. The van der Waals surface area contributed by atoms with E-state index in [-0.39, 0.29) is 0 Å². The van der Waals surface area contributed by atoms with Crippen molar-refractivity contribution in [2.75, 3.05) is 18.6 Å². The van der Waals surface area contributed by atoms with Gasteiger partial charge in [0.05, 0.1) is 18.9 Å². The number of benzene rings is 1.